The molecule has 0 aliphatic carbocycles. The molecule has 0 spiro atoms. The van der Waals surface area contributed by atoms with Crippen LogP contribution in [0.5, 0.6) is 5.75 Å². The van der Waals surface area contributed by atoms with Crippen molar-refractivity contribution in [3.63, 3.8) is 0 Å². The smallest absolute Gasteiger partial charge is 0.224 e. The number of hydrogen-bond donors (Lipinski definition) is 2. The number of piperidine rings is 1. The van der Waals surface area contributed by atoms with E-state index >= 15 is 0 Å². The van der Waals surface area contributed by atoms with Gasteiger partial charge in [-0.05, 0) is 37.1 Å². The van der Waals surface area contributed by atoms with Crippen LogP contribution >= 0.6 is 0 Å². The lowest BCUT2D eigenvalue weighted by atomic mass is 10.1. The predicted octanol–water partition coefficient (Wildman–Crippen LogP) is 1.11. The molecule has 1 aliphatic rings. The Kier molecular flexibility index (Phi) is 4.59. The minimum atomic E-state index is 0.0915. The minimum absolute atomic E-state index is 0.0915. The Morgan fingerprint density at radius 1 is 1.44 bits per heavy atom. The molecular formula is C14H20N2O2. The molecule has 2 N–H and O–H groups in total. The highest BCUT2D eigenvalue weighted by Gasteiger charge is 2.15. The van der Waals surface area contributed by atoms with Crippen molar-refractivity contribution in [2.45, 2.75) is 25.3 Å². The maximum Gasteiger partial charge on any atom is 0.224 e. The second-order valence-electron chi connectivity index (χ2n) is 4.64. The van der Waals surface area contributed by atoms with Gasteiger partial charge in [0.25, 0.3) is 0 Å². The third-order valence-electron chi connectivity index (χ3n) is 3.19. The summed E-state index contributed by atoms with van der Waals surface area (Å²) >= 11 is 0. The van der Waals surface area contributed by atoms with E-state index in [9.17, 15) is 4.79 Å². The quantitative estimate of drug-likeness (QED) is 0.839. The Morgan fingerprint density at radius 2 is 2.22 bits per heavy atom. The zero-order valence-corrected chi connectivity index (χ0v) is 10.7. The van der Waals surface area contributed by atoms with Gasteiger partial charge in [0, 0.05) is 12.6 Å². The molecule has 1 aromatic carbocycles. The van der Waals surface area contributed by atoms with Crippen LogP contribution in [0.25, 0.3) is 0 Å². The van der Waals surface area contributed by atoms with E-state index in [0.29, 0.717) is 6.42 Å². The van der Waals surface area contributed by atoms with Gasteiger partial charge in [0.05, 0.1) is 13.5 Å². The molecule has 4 nitrogen and oxygen atoms in total. The highest BCUT2D eigenvalue weighted by molar-refractivity contribution is 5.78. The molecule has 1 aromatic rings. The van der Waals surface area contributed by atoms with E-state index < -0.39 is 0 Å². The average Bonchev–Trinajstić information content (AvgIpc) is 2.40. The summed E-state index contributed by atoms with van der Waals surface area (Å²) in [5.74, 6) is 0.907. The fourth-order valence-corrected chi connectivity index (χ4v) is 2.18. The lowest BCUT2D eigenvalue weighted by Gasteiger charge is -2.23. The third-order valence-corrected chi connectivity index (χ3v) is 3.19. The van der Waals surface area contributed by atoms with Gasteiger partial charge in [-0.3, -0.25) is 4.79 Å². The van der Waals surface area contributed by atoms with Crippen LogP contribution in [-0.2, 0) is 11.2 Å². The van der Waals surface area contributed by atoms with Crippen molar-refractivity contribution in [3.8, 4) is 5.75 Å². The van der Waals surface area contributed by atoms with Crippen LogP contribution in [0.2, 0.25) is 0 Å². The van der Waals surface area contributed by atoms with Gasteiger partial charge in [-0.1, -0.05) is 12.1 Å². The first-order valence-corrected chi connectivity index (χ1v) is 6.41. The summed E-state index contributed by atoms with van der Waals surface area (Å²) in [4.78, 5) is 11.9. The fourth-order valence-electron chi connectivity index (χ4n) is 2.18. The van der Waals surface area contributed by atoms with Crippen molar-refractivity contribution >= 4 is 5.91 Å². The molecule has 4 heteroatoms. The Bertz CT molecular complexity index is 383. The SMILES string of the molecule is COc1ccc(CC(=O)N[C@H]2CCCNC2)cc1. The summed E-state index contributed by atoms with van der Waals surface area (Å²) in [6.07, 6.45) is 2.63. The monoisotopic (exact) mass is 248 g/mol. The summed E-state index contributed by atoms with van der Waals surface area (Å²) in [6, 6.07) is 7.90. The first-order chi connectivity index (χ1) is 8.78. The second-order valence-corrected chi connectivity index (χ2v) is 4.64. The van der Waals surface area contributed by atoms with E-state index in [2.05, 4.69) is 10.6 Å². The standard InChI is InChI=1S/C14H20N2O2/c1-18-13-6-4-11(5-7-13)9-14(17)16-12-3-2-8-15-10-12/h4-7,12,15H,2-3,8-10H2,1H3,(H,16,17)/t12-/m0/s1. The predicted molar refractivity (Wildman–Crippen MR) is 70.7 cm³/mol. The third kappa shape index (κ3) is 3.74. The Morgan fingerprint density at radius 3 is 2.83 bits per heavy atom. The Labute approximate surface area is 108 Å². The molecule has 1 heterocycles. The first-order valence-electron chi connectivity index (χ1n) is 6.41. The molecule has 2 rings (SSSR count). The van der Waals surface area contributed by atoms with Crippen LogP contribution in [0.1, 0.15) is 18.4 Å². The van der Waals surface area contributed by atoms with Gasteiger partial charge < -0.3 is 15.4 Å². The molecule has 0 bridgehead atoms. The second kappa shape index (κ2) is 6.40. The van der Waals surface area contributed by atoms with Crippen LogP contribution in [-0.4, -0.2) is 32.1 Å². The van der Waals surface area contributed by atoms with E-state index in [1.165, 1.54) is 0 Å². The highest BCUT2D eigenvalue weighted by Crippen LogP contribution is 2.11. The largest absolute Gasteiger partial charge is 0.497 e. The van der Waals surface area contributed by atoms with Crippen molar-refractivity contribution in [1.29, 1.82) is 0 Å². The number of carbonyl (C=O) groups excluding carboxylic acids is 1. The number of carbonyl (C=O) groups is 1. The summed E-state index contributed by atoms with van der Waals surface area (Å²) in [6.45, 7) is 1.94. The summed E-state index contributed by atoms with van der Waals surface area (Å²) in [5.41, 5.74) is 1.01. The summed E-state index contributed by atoms with van der Waals surface area (Å²) in [7, 11) is 1.64. The maximum atomic E-state index is 11.9. The van der Waals surface area contributed by atoms with E-state index in [1.54, 1.807) is 7.11 Å². The van der Waals surface area contributed by atoms with E-state index in [4.69, 9.17) is 4.74 Å². The van der Waals surface area contributed by atoms with Gasteiger partial charge in [0.15, 0.2) is 0 Å². The Balaban J connectivity index is 1.82. The van der Waals surface area contributed by atoms with Crippen LogP contribution in [0.15, 0.2) is 24.3 Å². The van der Waals surface area contributed by atoms with Crippen molar-refractivity contribution < 1.29 is 9.53 Å². The van der Waals surface area contributed by atoms with Crippen LogP contribution in [0.3, 0.4) is 0 Å². The number of hydrogen-bond acceptors (Lipinski definition) is 3. The molecule has 0 aromatic heterocycles. The van der Waals surface area contributed by atoms with Crippen LogP contribution in [0, 0.1) is 0 Å². The van der Waals surface area contributed by atoms with Gasteiger partial charge in [0.1, 0.15) is 5.75 Å². The summed E-state index contributed by atoms with van der Waals surface area (Å²) < 4.78 is 5.09. The van der Waals surface area contributed by atoms with Gasteiger partial charge in [-0.2, -0.15) is 0 Å². The number of rotatable bonds is 4. The van der Waals surface area contributed by atoms with Gasteiger partial charge in [-0.15, -0.1) is 0 Å². The molecule has 1 atom stereocenters. The van der Waals surface area contributed by atoms with Crippen molar-refractivity contribution in [2.75, 3.05) is 20.2 Å². The topological polar surface area (TPSA) is 50.4 Å². The molecule has 0 saturated carbocycles. The van der Waals surface area contributed by atoms with Crippen molar-refractivity contribution in [3.05, 3.63) is 29.8 Å². The summed E-state index contributed by atoms with van der Waals surface area (Å²) in [5, 5.41) is 6.35. The molecule has 1 aliphatic heterocycles. The first kappa shape index (κ1) is 12.9. The van der Waals surface area contributed by atoms with Crippen molar-refractivity contribution in [2.24, 2.45) is 0 Å². The molecule has 1 saturated heterocycles. The van der Waals surface area contributed by atoms with Gasteiger partial charge in [0.2, 0.25) is 5.91 Å². The number of methoxy groups -OCH3 is 1. The normalized spacial score (nSPS) is 19.3. The molecular weight excluding hydrogens is 228 g/mol. The minimum Gasteiger partial charge on any atom is -0.497 e. The zero-order valence-electron chi connectivity index (χ0n) is 10.7. The molecule has 0 radical (unpaired) electrons. The molecule has 98 valence electrons. The lowest BCUT2D eigenvalue weighted by molar-refractivity contribution is -0.121. The molecule has 0 unspecified atom stereocenters. The van der Waals surface area contributed by atoms with E-state index in [-0.39, 0.29) is 11.9 Å². The van der Waals surface area contributed by atoms with Gasteiger partial charge >= 0.3 is 0 Å². The number of benzene rings is 1. The maximum absolute atomic E-state index is 11.9. The zero-order chi connectivity index (χ0) is 12.8. The fraction of sp³-hybridized carbons (Fsp3) is 0.500. The Hall–Kier alpha value is -1.55. The van der Waals surface area contributed by atoms with E-state index in [1.807, 2.05) is 24.3 Å². The van der Waals surface area contributed by atoms with Crippen LogP contribution in [0.4, 0.5) is 0 Å². The molecule has 1 amide bonds. The van der Waals surface area contributed by atoms with Gasteiger partial charge in [-0.25, -0.2) is 0 Å². The van der Waals surface area contributed by atoms with E-state index in [0.717, 1.165) is 37.2 Å². The number of ether oxygens (including phenoxy) is 1. The highest BCUT2D eigenvalue weighted by atomic mass is 16.5. The van der Waals surface area contributed by atoms with Crippen LogP contribution < -0.4 is 15.4 Å². The lowest BCUT2D eigenvalue weighted by Crippen LogP contribution is -2.46. The molecule has 1 fully saturated rings. The molecule has 18 heavy (non-hydrogen) atoms. The number of nitrogens with one attached hydrogen (secondary N) is 2. The average molecular weight is 248 g/mol. The number of amides is 1. The van der Waals surface area contributed by atoms with Crippen molar-refractivity contribution in [1.82, 2.24) is 10.6 Å².